The molecule has 45 heavy (non-hydrogen) atoms. The van der Waals surface area contributed by atoms with Gasteiger partial charge in [0.2, 0.25) is 5.69 Å². The van der Waals surface area contributed by atoms with Crippen LogP contribution in [-0.4, -0.2) is 29.9 Å². The molecular formula is C41H55ClN3+. The minimum absolute atomic E-state index is 0.0407. The van der Waals surface area contributed by atoms with Crippen LogP contribution in [-0.2, 0) is 10.8 Å². The summed E-state index contributed by atoms with van der Waals surface area (Å²) >= 11 is 7.23. The van der Waals surface area contributed by atoms with Crippen LogP contribution < -0.4 is 10.6 Å². The van der Waals surface area contributed by atoms with E-state index in [1.165, 1.54) is 83.6 Å². The Labute approximate surface area is 278 Å². The van der Waals surface area contributed by atoms with Crippen molar-refractivity contribution < 1.29 is 4.58 Å². The molecule has 1 aliphatic carbocycles. The van der Waals surface area contributed by atoms with E-state index in [0.29, 0.717) is 0 Å². The maximum Gasteiger partial charge on any atom is 0.209 e. The molecule has 2 aromatic rings. The van der Waals surface area contributed by atoms with Crippen LogP contribution in [0.2, 0.25) is 0 Å². The minimum atomic E-state index is -0.0561. The van der Waals surface area contributed by atoms with Crippen molar-refractivity contribution in [2.45, 2.75) is 110 Å². The Bertz CT molecular complexity index is 1520. The van der Waals surface area contributed by atoms with E-state index in [1.54, 1.807) is 0 Å². The number of allylic oxidation sites excluding steroid dienone is 8. The zero-order valence-corrected chi connectivity index (χ0v) is 29.2. The first kappa shape index (κ1) is 33.5. The standard InChI is InChI=1S/C41H55ClN3/c1-6-7-15-29-44-35-22-12-10-20-33(35)40(2,3)37(44)26-24-31-18-17-19-32(39(31)42)25-27-38-41(4,5)34-21-11-13-23-36(34)45(38)30-16-9-8-14-28-43/h10-13,20-27H,6-9,14-19,28-30,43H2,1-5H3/q+1. The first-order valence-corrected chi connectivity index (χ1v) is 17.9. The quantitative estimate of drug-likeness (QED) is 0.178. The molecule has 0 amide bonds. The number of nitrogens with zero attached hydrogens (tertiary/aromatic N) is 2. The van der Waals surface area contributed by atoms with E-state index in [9.17, 15) is 0 Å². The molecule has 0 atom stereocenters. The molecule has 0 radical (unpaired) electrons. The van der Waals surface area contributed by atoms with Gasteiger partial charge in [-0.15, -0.1) is 0 Å². The van der Waals surface area contributed by atoms with E-state index in [-0.39, 0.29) is 10.8 Å². The van der Waals surface area contributed by atoms with Crippen molar-refractivity contribution in [2.75, 3.05) is 24.5 Å². The molecule has 4 heteroatoms. The number of fused-ring (bicyclic) bond motifs is 2. The molecule has 0 saturated heterocycles. The van der Waals surface area contributed by atoms with Crippen LogP contribution in [0.5, 0.6) is 0 Å². The summed E-state index contributed by atoms with van der Waals surface area (Å²) < 4.78 is 2.56. The Balaban J connectivity index is 1.44. The van der Waals surface area contributed by atoms with Gasteiger partial charge in [0.15, 0.2) is 5.71 Å². The fourth-order valence-electron chi connectivity index (χ4n) is 7.62. The zero-order chi connectivity index (χ0) is 32.0. The largest absolute Gasteiger partial charge is 0.344 e. The fourth-order valence-corrected chi connectivity index (χ4v) is 7.93. The molecule has 2 N–H and O–H groups in total. The molecular weight excluding hydrogens is 570 g/mol. The predicted molar refractivity (Wildman–Crippen MR) is 195 cm³/mol. The number of hydrogen-bond acceptors (Lipinski definition) is 2. The lowest BCUT2D eigenvalue weighted by atomic mass is 9.81. The van der Waals surface area contributed by atoms with Gasteiger partial charge in [-0.05, 0) is 87.8 Å². The first-order valence-electron chi connectivity index (χ1n) is 17.5. The van der Waals surface area contributed by atoms with Crippen molar-refractivity contribution in [3.8, 4) is 0 Å². The molecule has 240 valence electrons. The van der Waals surface area contributed by atoms with Crippen molar-refractivity contribution >= 4 is 28.7 Å². The maximum atomic E-state index is 7.23. The second-order valence-electron chi connectivity index (χ2n) is 14.2. The molecule has 0 spiro atoms. The number of anilines is 1. The van der Waals surface area contributed by atoms with Gasteiger partial charge in [0, 0.05) is 52.5 Å². The second kappa shape index (κ2) is 14.7. The van der Waals surface area contributed by atoms with Crippen LogP contribution in [0.25, 0.3) is 0 Å². The van der Waals surface area contributed by atoms with Crippen LogP contribution in [0, 0.1) is 0 Å². The van der Waals surface area contributed by atoms with Gasteiger partial charge in [0.05, 0.1) is 5.41 Å². The highest BCUT2D eigenvalue weighted by Gasteiger charge is 2.44. The Hall–Kier alpha value is -2.88. The highest BCUT2D eigenvalue weighted by atomic mass is 35.5. The van der Waals surface area contributed by atoms with Crippen molar-refractivity contribution in [2.24, 2.45) is 5.73 Å². The van der Waals surface area contributed by atoms with E-state index >= 15 is 0 Å². The van der Waals surface area contributed by atoms with Gasteiger partial charge in [-0.2, -0.15) is 4.58 Å². The van der Waals surface area contributed by atoms with E-state index in [4.69, 9.17) is 17.3 Å². The molecule has 2 aromatic carbocycles. The molecule has 0 bridgehead atoms. The van der Waals surface area contributed by atoms with Crippen LogP contribution in [0.15, 0.2) is 94.7 Å². The normalized spacial score (nSPS) is 20.6. The summed E-state index contributed by atoms with van der Waals surface area (Å²) in [5, 5.41) is 0.933. The summed E-state index contributed by atoms with van der Waals surface area (Å²) in [6.07, 6.45) is 20.9. The average Bonchev–Trinajstić information content (AvgIpc) is 3.38. The van der Waals surface area contributed by atoms with Crippen LogP contribution >= 0.6 is 11.6 Å². The fraction of sp³-hybridized carbons (Fsp3) is 0.488. The number of nitrogens with two attached hydrogens (primary N) is 1. The Morgan fingerprint density at radius 1 is 0.822 bits per heavy atom. The number of benzene rings is 2. The van der Waals surface area contributed by atoms with E-state index in [0.717, 1.165) is 50.3 Å². The van der Waals surface area contributed by atoms with Crippen molar-refractivity contribution in [1.82, 2.24) is 0 Å². The Morgan fingerprint density at radius 2 is 1.56 bits per heavy atom. The minimum Gasteiger partial charge on any atom is -0.344 e. The molecule has 2 aliphatic heterocycles. The molecule has 0 saturated carbocycles. The molecule has 0 aromatic heterocycles. The third-order valence-corrected chi connectivity index (χ3v) is 10.7. The number of hydrogen-bond donors (Lipinski definition) is 1. The van der Waals surface area contributed by atoms with Gasteiger partial charge < -0.3 is 10.6 Å². The summed E-state index contributed by atoms with van der Waals surface area (Å²) in [6, 6.07) is 17.9. The third-order valence-electron chi connectivity index (χ3n) is 10.3. The van der Waals surface area contributed by atoms with Gasteiger partial charge in [-0.25, -0.2) is 0 Å². The van der Waals surface area contributed by atoms with E-state index in [1.807, 2.05) is 0 Å². The zero-order valence-electron chi connectivity index (χ0n) is 28.5. The lowest BCUT2D eigenvalue weighted by molar-refractivity contribution is -0.438. The van der Waals surface area contributed by atoms with Gasteiger partial charge in [-0.1, -0.05) is 100 Å². The molecule has 0 unspecified atom stereocenters. The number of rotatable bonds is 13. The number of unbranched alkanes of at least 4 members (excludes halogenated alkanes) is 5. The second-order valence-corrected chi connectivity index (χ2v) is 14.5. The van der Waals surface area contributed by atoms with Crippen LogP contribution in [0.1, 0.15) is 110 Å². The van der Waals surface area contributed by atoms with Crippen molar-refractivity contribution in [3.05, 3.63) is 106 Å². The lowest BCUT2D eigenvalue weighted by Gasteiger charge is -2.27. The van der Waals surface area contributed by atoms with Gasteiger partial charge in [-0.3, -0.25) is 0 Å². The van der Waals surface area contributed by atoms with Gasteiger partial charge >= 0.3 is 0 Å². The molecule has 5 rings (SSSR count). The van der Waals surface area contributed by atoms with Crippen molar-refractivity contribution in [1.29, 1.82) is 0 Å². The lowest BCUT2D eigenvalue weighted by Crippen LogP contribution is -2.28. The molecule has 2 heterocycles. The summed E-state index contributed by atoms with van der Waals surface area (Å²) in [7, 11) is 0. The van der Waals surface area contributed by atoms with Crippen molar-refractivity contribution in [3.63, 3.8) is 0 Å². The summed E-state index contributed by atoms with van der Waals surface area (Å²) in [4.78, 5) is 2.56. The highest BCUT2D eigenvalue weighted by molar-refractivity contribution is 6.32. The predicted octanol–water partition coefficient (Wildman–Crippen LogP) is 10.6. The SMILES string of the molecule is CCCCC[N+]1=C(/C=C/C2=C(Cl)C(=C/C=C3/N(CCCCCCN)c4ccccc4C3(C)C)/CCC2)C(C)(C)c2ccccc21. The topological polar surface area (TPSA) is 32.3 Å². The molecule has 3 nitrogen and oxygen atoms in total. The third kappa shape index (κ3) is 6.96. The Morgan fingerprint density at radius 3 is 2.33 bits per heavy atom. The summed E-state index contributed by atoms with van der Waals surface area (Å²) in [5.74, 6) is 0. The van der Waals surface area contributed by atoms with Gasteiger partial charge in [0.1, 0.15) is 6.54 Å². The van der Waals surface area contributed by atoms with Gasteiger partial charge in [0.25, 0.3) is 0 Å². The Kier molecular flexibility index (Phi) is 10.9. The number of halogens is 1. The molecule has 0 fully saturated rings. The van der Waals surface area contributed by atoms with Crippen LogP contribution in [0.4, 0.5) is 11.4 Å². The molecule has 3 aliphatic rings. The van der Waals surface area contributed by atoms with E-state index in [2.05, 4.69) is 117 Å². The first-order chi connectivity index (χ1) is 21.7. The summed E-state index contributed by atoms with van der Waals surface area (Å²) in [5.41, 5.74) is 16.4. The van der Waals surface area contributed by atoms with Crippen LogP contribution in [0.3, 0.4) is 0 Å². The van der Waals surface area contributed by atoms with E-state index < -0.39 is 0 Å². The maximum absolute atomic E-state index is 7.23. The average molecular weight is 625 g/mol. The highest BCUT2D eigenvalue weighted by Crippen LogP contribution is 2.48. The monoisotopic (exact) mass is 624 g/mol. The summed E-state index contributed by atoms with van der Waals surface area (Å²) in [6.45, 7) is 14.6. The smallest absolute Gasteiger partial charge is 0.209 e. The number of para-hydroxylation sites is 2.